The Balaban J connectivity index is 1.43. The molecule has 0 unspecified atom stereocenters. The Morgan fingerprint density at radius 1 is 1.00 bits per heavy atom. The van der Waals surface area contributed by atoms with Crippen LogP contribution in [-0.4, -0.2) is 35.3 Å². The normalized spacial score (nSPS) is 14.4. The van der Waals surface area contributed by atoms with Gasteiger partial charge in [-0.2, -0.15) is 0 Å². The van der Waals surface area contributed by atoms with Crippen LogP contribution in [0.15, 0.2) is 78.4 Å². The van der Waals surface area contributed by atoms with Gasteiger partial charge in [-0.05, 0) is 55.0 Å². The minimum absolute atomic E-state index is 0.0687. The standard InChI is InChI=1S/C26H20N4O7/c1-16-2-6-18(7-3-16)27-23(31)15-37-21-12-4-17(5-13-21)14-22-24(32)28-26(34)29(25(22)33)19-8-10-20(11-9-19)30(35)36/h2-14H,15H2,1H3,(H,27,31)(H,28,32,34)/b22-14+. The van der Waals surface area contributed by atoms with Crippen LogP contribution in [0.4, 0.5) is 21.9 Å². The van der Waals surface area contributed by atoms with Crippen LogP contribution in [0.1, 0.15) is 11.1 Å². The number of carbonyl (C=O) groups excluding carboxylic acids is 4. The number of benzene rings is 3. The first-order chi connectivity index (χ1) is 17.7. The summed E-state index contributed by atoms with van der Waals surface area (Å²) in [6.45, 7) is 1.72. The van der Waals surface area contributed by atoms with Gasteiger partial charge in [0, 0.05) is 17.8 Å². The van der Waals surface area contributed by atoms with Crippen molar-refractivity contribution in [2.45, 2.75) is 6.92 Å². The lowest BCUT2D eigenvalue weighted by Crippen LogP contribution is -2.54. The molecule has 0 aromatic heterocycles. The molecule has 0 saturated carbocycles. The number of nitrogens with one attached hydrogen (secondary N) is 2. The van der Waals surface area contributed by atoms with Crippen LogP contribution in [0, 0.1) is 17.0 Å². The number of urea groups is 1. The minimum atomic E-state index is -0.964. The summed E-state index contributed by atoms with van der Waals surface area (Å²) in [7, 11) is 0. The highest BCUT2D eigenvalue weighted by Gasteiger charge is 2.36. The zero-order valence-corrected chi connectivity index (χ0v) is 19.5. The fourth-order valence-electron chi connectivity index (χ4n) is 3.43. The summed E-state index contributed by atoms with van der Waals surface area (Å²) in [5.74, 6) is -1.70. The van der Waals surface area contributed by atoms with Gasteiger partial charge in [-0.15, -0.1) is 0 Å². The molecule has 11 nitrogen and oxygen atoms in total. The molecule has 2 N–H and O–H groups in total. The molecule has 5 amide bonds. The Labute approximate surface area is 210 Å². The van der Waals surface area contributed by atoms with Crippen molar-refractivity contribution in [2.75, 3.05) is 16.8 Å². The molecular weight excluding hydrogens is 480 g/mol. The van der Waals surface area contributed by atoms with Crippen molar-refractivity contribution in [3.8, 4) is 5.75 Å². The molecular formula is C26H20N4O7. The quantitative estimate of drug-likeness (QED) is 0.218. The van der Waals surface area contributed by atoms with E-state index in [1.54, 1.807) is 36.4 Å². The van der Waals surface area contributed by atoms with Gasteiger partial charge < -0.3 is 10.1 Å². The smallest absolute Gasteiger partial charge is 0.335 e. The molecule has 186 valence electrons. The van der Waals surface area contributed by atoms with Crippen LogP contribution < -0.4 is 20.3 Å². The second-order valence-corrected chi connectivity index (χ2v) is 8.00. The number of amides is 5. The number of hydrogen-bond donors (Lipinski definition) is 2. The third-order valence-electron chi connectivity index (χ3n) is 5.32. The van der Waals surface area contributed by atoms with Gasteiger partial charge in [-0.3, -0.25) is 29.8 Å². The van der Waals surface area contributed by atoms with Gasteiger partial charge in [-0.25, -0.2) is 9.69 Å². The summed E-state index contributed by atoms with van der Waals surface area (Å²) < 4.78 is 5.49. The van der Waals surface area contributed by atoms with Crippen LogP contribution >= 0.6 is 0 Å². The second-order valence-electron chi connectivity index (χ2n) is 8.00. The van der Waals surface area contributed by atoms with E-state index in [2.05, 4.69) is 10.6 Å². The van der Waals surface area contributed by atoms with Gasteiger partial charge in [0.25, 0.3) is 23.4 Å². The van der Waals surface area contributed by atoms with Crippen molar-refractivity contribution in [2.24, 2.45) is 0 Å². The maximum atomic E-state index is 13.0. The average molecular weight is 500 g/mol. The molecule has 11 heteroatoms. The number of nitrogens with zero attached hydrogens (tertiary/aromatic N) is 2. The number of carbonyl (C=O) groups is 4. The maximum Gasteiger partial charge on any atom is 0.335 e. The van der Waals surface area contributed by atoms with Gasteiger partial charge in [0.05, 0.1) is 10.6 Å². The van der Waals surface area contributed by atoms with Crippen molar-refractivity contribution in [3.63, 3.8) is 0 Å². The molecule has 0 aliphatic carbocycles. The highest BCUT2D eigenvalue weighted by Crippen LogP contribution is 2.24. The number of ether oxygens (including phenoxy) is 1. The SMILES string of the molecule is Cc1ccc(NC(=O)COc2ccc(/C=C3\C(=O)NC(=O)N(c4ccc([N+](=O)[O-])cc4)C3=O)cc2)cc1. The molecule has 1 aliphatic heterocycles. The van der Waals surface area contributed by atoms with Crippen LogP contribution in [0.5, 0.6) is 5.75 Å². The Bertz CT molecular complexity index is 1410. The van der Waals surface area contributed by atoms with Crippen molar-refractivity contribution < 1.29 is 28.8 Å². The number of nitro benzene ring substituents is 1. The lowest BCUT2D eigenvalue weighted by Gasteiger charge is -2.26. The summed E-state index contributed by atoms with van der Waals surface area (Å²) in [6.07, 6.45) is 1.30. The van der Waals surface area contributed by atoms with Gasteiger partial charge >= 0.3 is 6.03 Å². The molecule has 0 spiro atoms. The molecule has 1 saturated heterocycles. The van der Waals surface area contributed by atoms with Crippen molar-refractivity contribution in [1.29, 1.82) is 0 Å². The van der Waals surface area contributed by atoms with E-state index in [4.69, 9.17) is 4.74 Å². The largest absolute Gasteiger partial charge is 0.484 e. The molecule has 3 aromatic rings. The van der Waals surface area contributed by atoms with Crippen molar-refractivity contribution >= 4 is 46.9 Å². The number of rotatable bonds is 7. The number of nitro groups is 1. The molecule has 1 aliphatic rings. The topological polar surface area (TPSA) is 148 Å². The monoisotopic (exact) mass is 500 g/mol. The van der Waals surface area contributed by atoms with E-state index < -0.39 is 22.8 Å². The minimum Gasteiger partial charge on any atom is -0.484 e. The first-order valence-electron chi connectivity index (χ1n) is 11.0. The third-order valence-corrected chi connectivity index (χ3v) is 5.32. The number of imide groups is 2. The summed E-state index contributed by atoms with van der Waals surface area (Å²) in [4.78, 5) is 60.7. The lowest BCUT2D eigenvalue weighted by atomic mass is 10.1. The van der Waals surface area contributed by atoms with Crippen molar-refractivity contribution in [3.05, 3.63) is 99.6 Å². The summed E-state index contributed by atoms with van der Waals surface area (Å²) in [6, 6.07) is 17.4. The average Bonchev–Trinajstić information content (AvgIpc) is 2.87. The molecule has 0 radical (unpaired) electrons. The van der Waals surface area contributed by atoms with E-state index in [-0.39, 0.29) is 29.5 Å². The zero-order valence-electron chi connectivity index (χ0n) is 19.5. The predicted molar refractivity (Wildman–Crippen MR) is 134 cm³/mol. The lowest BCUT2D eigenvalue weighted by molar-refractivity contribution is -0.384. The third kappa shape index (κ3) is 5.85. The van der Waals surface area contributed by atoms with Crippen molar-refractivity contribution in [1.82, 2.24) is 5.32 Å². The first kappa shape index (κ1) is 24.8. The number of anilines is 2. The number of aryl methyl sites for hydroxylation is 1. The maximum absolute atomic E-state index is 13.0. The summed E-state index contributed by atoms with van der Waals surface area (Å²) >= 11 is 0. The first-order valence-corrected chi connectivity index (χ1v) is 11.0. The van der Waals surface area contributed by atoms with E-state index in [0.717, 1.165) is 22.6 Å². The molecule has 0 atom stereocenters. The second kappa shape index (κ2) is 10.5. The van der Waals surface area contributed by atoms with Gasteiger partial charge in [-0.1, -0.05) is 29.8 Å². The van der Waals surface area contributed by atoms with E-state index in [1.807, 2.05) is 19.1 Å². The molecule has 1 heterocycles. The highest BCUT2D eigenvalue weighted by atomic mass is 16.6. The van der Waals surface area contributed by atoms with Gasteiger partial charge in [0.15, 0.2) is 6.61 Å². The fraction of sp³-hybridized carbons (Fsp3) is 0.0769. The molecule has 0 bridgehead atoms. The molecule has 4 rings (SSSR count). The fourth-order valence-corrected chi connectivity index (χ4v) is 3.43. The molecule has 1 fully saturated rings. The summed E-state index contributed by atoms with van der Waals surface area (Å²) in [5.41, 5.74) is 1.74. The Morgan fingerprint density at radius 3 is 2.27 bits per heavy atom. The Hall–Kier alpha value is -5.32. The highest BCUT2D eigenvalue weighted by molar-refractivity contribution is 6.39. The Kier molecular flexibility index (Phi) is 7.05. The van der Waals surface area contributed by atoms with E-state index in [9.17, 15) is 29.3 Å². The van der Waals surface area contributed by atoms with E-state index in [1.165, 1.54) is 18.2 Å². The van der Waals surface area contributed by atoms with Crippen LogP contribution in [0.25, 0.3) is 6.08 Å². The zero-order chi connectivity index (χ0) is 26.5. The molecule has 37 heavy (non-hydrogen) atoms. The van der Waals surface area contributed by atoms with E-state index in [0.29, 0.717) is 17.0 Å². The van der Waals surface area contributed by atoms with Crippen LogP contribution in [0.2, 0.25) is 0 Å². The van der Waals surface area contributed by atoms with Gasteiger partial charge in [0.2, 0.25) is 0 Å². The predicted octanol–water partition coefficient (Wildman–Crippen LogP) is 3.59. The van der Waals surface area contributed by atoms with Crippen LogP contribution in [0.3, 0.4) is 0 Å². The van der Waals surface area contributed by atoms with Crippen LogP contribution in [-0.2, 0) is 14.4 Å². The number of barbiturate groups is 1. The van der Waals surface area contributed by atoms with E-state index >= 15 is 0 Å². The molecule has 3 aromatic carbocycles. The van der Waals surface area contributed by atoms with Gasteiger partial charge in [0.1, 0.15) is 11.3 Å². The Morgan fingerprint density at radius 2 is 1.65 bits per heavy atom. The number of non-ortho nitro benzene ring substituents is 1. The summed E-state index contributed by atoms with van der Waals surface area (Å²) in [5, 5.41) is 15.7. The number of hydrogen-bond acceptors (Lipinski definition) is 7.